The monoisotopic (exact) mass is 1390 g/mol. The fourth-order valence-corrected chi connectivity index (χ4v) is 18.2. The first-order valence-electron chi connectivity index (χ1n) is 34.3. The van der Waals surface area contributed by atoms with Crippen molar-refractivity contribution < 1.29 is 29.0 Å². The van der Waals surface area contributed by atoms with E-state index < -0.39 is 0 Å². The van der Waals surface area contributed by atoms with E-state index in [4.69, 9.17) is 5.02 Å². The molecule has 10 fully saturated rings. The first kappa shape index (κ1) is 101. The van der Waals surface area contributed by atoms with Gasteiger partial charge >= 0.3 is 18.9 Å². The van der Waals surface area contributed by atoms with Crippen molar-refractivity contribution in [3.63, 3.8) is 0 Å². The number of rotatable bonds is 9. The topological polar surface area (TPSA) is 40.5 Å². The molecule has 518 valence electrons. The van der Waals surface area contributed by atoms with E-state index in [0.717, 1.165) is 116 Å². The van der Waals surface area contributed by atoms with Crippen molar-refractivity contribution >= 4 is 46.6 Å². The van der Waals surface area contributed by atoms with Gasteiger partial charge in [0.05, 0.1) is 6.10 Å². The number of aliphatic hydroxyl groups is 1. The van der Waals surface area contributed by atoms with Crippen LogP contribution < -0.4 is 18.9 Å². The third kappa shape index (κ3) is 43.0. The van der Waals surface area contributed by atoms with Crippen molar-refractivity contribution in [2.75, 3.05) is 0 Å². The fraction of sp³-hybridized carbons (Fsp3) is 0.988. The van der Waals surface area contributed by atoms with Crippen molar-refractivity contribution in [2.24, 2.45) is 94.7 Å². The van der Waals surface area contributed by atoms with Crippen LogP contribution in [0.4, 0.5) is 0 Å². The molecule has 0 aliphatic heterocycles. The van der Waals surface area contributed by atoms with Gasteiger partial charge in [-0.2, -0.15) is 12.8 Å². The van der Waals surface area contributed by atoms with Crippen molar-refractivity contribution in [2.45, 2.75) is 413 Å². The molecule has 10 aliphatic rings. The Balaban J connectivity index is -0.000000178. The molecule has 0 unspecified atom stereocenters. The predicted molar refractivity (Wildman–Crippen MR) is 409 cm³/mol. The molecule has 2 nitrogen and oxygen atoms in total. The molecule has 10 saturated carbocycles. The number of halogens is 2. The molecule has 6 heteroatoms. The molecule has 0 aromatic heterocycles. The summed E-state index contributed by atoms with van der Waals surface area (Å²) in [5.74, 6) is 16.8. The molecule has 0 aromatic carbocycles. The molecule has 0 saturated heterocycles. The summed E-state index contributed by atoms with van der Waals surface area (Å²) in [6.07, 6.45) is 67.4. The van der Waals surface area contributed by atoms with Crippen LogP contribution in [-0.4, -0.2) is 33.0 Å². The van der Waals surface area contributed by atoms with Gasteiger partial charge < -0.3 is 16.6 Å². The van der Waals surface area contributed by atoms with Gasteiger partial charge in [0.25, 0.3) is 8.05 Å². The molecule has 10 aliphatic carbocycles. The Morgan fingerprint density at radius 2 is 0.488 bits per heavy atom. The Hall–Kier alpha value is 1.79. The van der Waals surface area contributed by atoms with E-state index in [1.165, 1.54) is 199 Å². The molecule has 0 bridgehead atoms. The quantitative estimate of drug-likeness (QED) is 0.105. The SMILES string of the molecule is C.C.C.C.C.C.C.C.C.C.CC1CCC(Br)CC1.CC1CCC(CC2CCC(C3CCC(C)CC3)CC2)CC1.CC1CCC(CC2CCC(I)CC2)CC1.CC1CCC(CC2CCC(O)CC2)CC1.CC1CCC(CC2CC[CH-]CC2)CC1.[B]O.[Li+]. The van der Waals surface area contributed by atoms with E-state index in [0.29, 0.717) is 0 Å². The first-order chi connectivity index (χ1) is 36.3. The number of alkyl halides is 2. The predicted octanol–water partition coefficient (Wildman–Crippen LogP) is 25.8. The average Bonchev–Trinajstić information content (AvgIpc) is 3.65. The van der Waals surface area contributed by atoms with E-state index >= 15 is 0 Å². The molecule has 0 atom stereocenters. The zero-order valence-corrected chi connectivity index (χ0v) is 55.6. The maximum absolute atomic E-state index is 9.47. The van der Waals surface area contributed by atoms with Gasteiger partial charge in [-0.25, -0.2) is 0 Å². The van der Waals surface area contributed by atoms with Crippen LogP contribution in [0.2, 0.25) is 0 Å². The molecular weight excluding hydrogens is 1220 g/mol. The maximum atomic E-state index is 9.47. The summed E-state index contributed by atoms with van der Waals surface area (Å²) in [6.45, 7) is 14.5. The van der Waals surface area contributed by atoms with Gasteiger partial charge in [0.1, 0.15) is 0 Å². The van der Waals surface area contributed by atoms with Gasteiger partial charge in [-0.15, -0.1) is 0 Å². The van der Waals surface area contributed by atoms with Gasteiger partial charge in [-0.1, -0.05) is 296 Å². The van der Waals surface area contributed by atoms with Crippen molar-refractivity contribution in [1.29, 1.82) is 0 Å². The van der Waals surface area contributed by atoms with Crippen LogP contribution >= 0.6 is 38.5 Å². The van der Waals surface area contributed by atoms with Crippen LogP contribution in [0.5, 0.6) is 0 Å². The van der Waals surface area contributed by atoms with Gasteiger partial charge in [0.2, 0.25) is 0 Å². The van der Waals surface area contributed by atoms with Crippen LogP contribution in [0.25, 0.3) is 0 Å². The van der Waals surface area contributed by atoms with E-state index in [-0.39, 0.29) is 99.2 Å². The molecule has 86 heavy (non-hydrogen) atoms. The molecule has 2 N–H and O–H groups in total. The van der Waals surface area contributed by atoms with E-state index in [1.807, 2.05) is 0 Å². The Morgan fingerprint density at radius 3 is 0.744 bits per heavy atom. The summed E-state index contributed by atoms with van der Waals surface area (Å²) >= 11 is 6.26. The molecule has 0 spiro atoms. The molecule has 0 heterocycles. The Morgan fingerprint density at radius 1 is 0.302 bits per heavy atom. The van der Waals surface area contributed by atoms with E-state index in [9.17, 15) is 5.11 Å². The zero-order chi connectivity index (χ0) is 53.8. The van der Waals surface area contributed by atoms with Crippen LogP contribution in [-0.2, 0) is 0 Å². The third-order valence-electron chi connectivity index (χ3n) is 22.9. The Bertz CT molecular complexity index is 1240. The smallest absolute Gasteiger partial charge is 0.461 e. The first-order valence-corrected chi connectivity index (χ1v) is 36.5. The fourth-order valence-electron chi connectivity index (χ4n) is 17.0. The molecule has 0 amide bonds. The number of aliphatic hydroxyl groups excluding tert-OH is 1. The van der Waals surface area contributed by atoms with Crippen molar-refractivity contribution in [3.05, 3.63) is 6.42 Å². The van der Waals surface area contributed by atoms with Gasteiger partial charge in [-0.3, -0.25) is 0 Å². The molecular formula is C80H168BBrILiO2. The van der Waals surface area contributed by atoms with E-state index in [1.54, 1.807) is 70.6 Å². The minimum Gasteiger partial charge on any atom is -0.461 e. The summed E-state index contributed by atoms with van der Waals surface area (Å²) < 4.78 is 0.991. The largest absolute Gasteiger partial charge is 1.00 e. The van der Waals surface area contributed by atoms with Gasteiger partial charge in [0, 0.05) is 8.75 Å². The van der Waals surface area contributed by atoms with Crippen LogP contribution in [0.15, 0.2) is 0 Å². The third-order valence-corrected chi connectivity index (χ3v) is 25.1. The number of hydrogen-bond acceptors (Lipinski definition) is 2. The summed E-state index contributed by atoms with van der Waals surface area (Å²) in [6, 6.07) is 0. The van der Waals surface area contributed by atoms with Crippen molar-refractivity contribution in [3.8, 4) is 0 Å². The number of hydrogen-bond donors (Lipinski definition) is 2. The summed E-state index contributed by atoms with van der Waals surface area (Å²) in [4.78, 5) is 0.832. The maximum Gasteiger partial charge on any atom is 1.00 e. The zero-order valence-electron chi connectivity index (χ0n) is 51.9. The normalized spacial score (nSPS) is 35.6. The van der Waals surface area contributed by atoms with Crippen LogP contribution in [0.3, 0.4) is 0 Å². The van der Waals surface area contributed by atoms with Gasteiger partial charge in [-0.05, 0) is 223 Å². The minimum absolute atomic E-state index is 0. The second kappa shape index (κ2) is 59.3. The van der Waals surface area contributed by atoms with Crippen molar-refractivity contribution in [1.82, 2.24) is 0 Å². The Kier molecular flexibility index (Phi) is 69.9. The molecule has 0 aromatic rings. The van der Waals surface area contributed by atoms with Crippen LogP contribution in [0.1, 0.15) is 398 Å². The Labute approximate surface area is 585 Å². The summed E-state index contributed by atoms with van der Waals surface area (Å²) in [7, 11) is 3.50. The summed E-state index contributed by atoms with van der Waals surface area (Å²) in [5.41, 5.74) is 0. The van der Waals surface area contributed by atoms with E-state index in [2.05, 4.69) is 94.5 Å². The molecule has 2 radical (unpaired) electrons. The summed E-state index contributed by atoms with van der Waals surface area (Å²) in [5, 5.41) is 16.0. The second-order valence-corrected chi connectivity index (χ2v) is 32.8. The molecule has 10 rings (SSSR count). The minimum atomic E-state index is 0. The standard InChI is InChI=1S/C21H38.C14H25I.C14H26O.C14H25.C7H13Br.10CH4.BHO.Li/c1-16-3-7-18(8-4-16)15-19-9-13-21(14-10-19)20-11-5-17(2)6-12-20;2*1-11-2-4-12(5-3-11)10-13-6-8-14(15)9-7-13;1-12-7-9-14(10-8-12)11-13-5-3-2-4-6-13;1-6-2-4-7(8)5-3-6;;;;;;;;;;;1-2;/h16-21H,3-15H2,1-2H3;11-14H,2-10H2,1H3;11-15H,2-10H2,1H3;2,12-14H,3-11H2,1H3;6-7H,2-5H2,1H3;10*1H4;2H;/q;;;-1;;;;;;;;;;;;;+1. The van der Waals surface area contributed by atoms with Gasteiger partial charge in [0.15, 0.2) is 0 Å². The average molecular weight is 1390 g/mol. The van der Waals surface area contributed by atoms with Crippen LogP contribution in [0, 0.1) is 101 Å². The second-order valence-electron chi connectivity index (χ2n) is 29.7.